The van der Waals surface area contributed by atoms with Gasteiger partial charge in [0.2, 0.25) is 0 Å². The lowest BCUT2D eigenvalue weighted by Crippen LogP contribution is -2.10. The molecule has 1 aromatic heterocycles. The van der Waals surface area contributed by atoms with Crippen LogP contribution in [0.15, 0.2) is 18.2 Å². The first-order chi connectivity index (χ1) is 10.8. The molecule has 2 N–H and O–H groups in total. The summed E-state index contributed by atoms with van der Waals surface area (Å²) in [6.45, 7) is 3.31. The lowest BCUT2D eigenvalue weighted by molar-refractivity contribution is 0.336. The Morgan fingerprint density at radius 2 is 2.05 bits per heavy atom. The quantitative estimate of drug-likeness (QED) is 0.768. The van der Waals surface area contributed by atoms with Gasteiger partial charge in [-0.25, -0.2) is 4.98 Å². The van der Waals surface area contributed by atoms with E-state index in [1.54, 1.807) is 0 Å². The summed E-state index contributed by atoms with van der Waals surface area (Å²) in [5, 5.41) is 0. The molecule has 0 bridgehead atoms. The van der Waals surface area contributed by atoms with Crippen molar-refractivity contribution in [1.82, 2.24) is 9.55 Å². The van der Waals surface area contributed by atoms with Gasteiger partial charge in [0.1, 0.15) is 11.3 Å². The molecular formula is C19H29N3. The van der Waals surface area contributed by atoms with Crippen LogP contribution in [-0.4, -0.2) is 9.55 Å². The number of unbranched alkanes of at least 4 members (excludes halogenated alkanes) is 1. The smallest absolute Gasteiger partial charge is 0.112 e. The van der Waals surface area contributed by atoms with Gasteiger partial charge in [-0.05, 0) is 30.9 Å². The Hall–Kier alpha value is -1.51. The van der Waals surface area contributed by atoms with Gasteiger partial charge in [0.25, 0.3) is 0 Å². The van der Waals surface area contributed by atoms with Gasteiger partial charge < -0.3 is 10.3 Å². The normalized spacial score (nSPS) is 16.4. The Morgan fingerprint density at radius 1 is 1.23 bits per heavy atom. The fourth-order valence-corrected chi connectivity index (χ4v) is 3.78. The predicted molar refractivity (Wildman–Crippen MR) is 93.9 cm³/mol. The molecule has 2 aromatic rings. The second-order valence-electron chi connectivity index (χ2n) is 6.79. The summed E-state index contributed by atoms with van der Waals surface area (Å²) < 4.78 is 2.41. The van der Waals surface area contributed by atoms with Gasteiger partial charge in [-0.15, -0.1) is 0 Å². The third-order valence-corrected chi connectivity index (χ3v) is 5.13. The number of nitrogens with zero attached hydrogens (tertiary/aromatic N) is 2. The van der Waals surface area contributed by atoms with Gasteiger partial charge >= 0.3 is 0 Å². The number of nitrogen functional groups attached to an aromatic ring is 1. The number of hydrogen-bond donors (Lipinski definition) is 1. The van der Waals surface area contributed by atoms with E-state index in [0.717, 1.165) is 30.1 Å². The number of aryl methyl sites for hydroxylation is 2. The van der Waals surface area contributed by atoms with Crippen LogP contribution < -0.4 is 5.73 Å². The van der Waals surface area contributed by atoms with E-state index < -0.39 is 0 Å². The summed E-state index contributed by atoms with van der Waals surface area (Å²) >= 11 is 0. The first-order valence-corrected chi connectivity index (χ1v) is 9.03. The average Bonchev–Trinajstić information content (AvgIpc) is 2.91. The molecule has 22 heavy (non-hydrogen) atoms. The van der Waals surface area contributed by atoms with E-state index in [1.807, 2.05) is 12.1 Å². The highest BCUT2D eigenvalue weighted by Crippen LogP contribution is 2.29. The molecule has 1 aliphatic rings. The van der Waals surface area contributed by atoms with Crippen LogP contribution in [0.2, 0.25) is 0 Å². The summed E-state index contributed by atoms with van der Waals surface area (Å²) in [6.07, 6.45) is 11.9. The fourth-order valence-electron chi connectivity index (χ4n) is 3.78. The van der Waals surface area contributed by atoms with Crippen molar-refractivity contribution in [1.29, 1.82) is 0 Å². The molecule has 0 aliphatic heterocycles. The van der Waals surface area contributed by atoms with E-state index in [1.165, 1.54) is 62.7 Å². The molecule has 0 saturated heterocycles. The highest BCUT2D eigenvalue weighted by Gasteiger charge is 2.17. The Balaban J connectivity index is 1.81. The molecule has 120 valence electrons. The number of fused-ring (bicyclic) bond motifs is 1. The number of imidazole rings is 1. The maximum Gasteiger partial charge on any atom is 0.112 e. The summed E-state index contributed by atoms with van der Waals surface area (Å²) in [7, 11) is 0. The van der Waals surface area contributed by atoms with Crippen molar-refractivity contribution >= 4 is 16.7 Å². The SMILES string of the molecule is CCCCn1c(CCC2CCCCC2)nc2c(N)cccc21. The van der Waals surface area contributed by atoms with Gasteiger partial charge in [0.05, 0.1) is 11.2 Å². The maximum atomic E-state index is 6.13. The zero-order chi connectivity index (χ0) is 15.4. The molecule has 0 spiro atoms. The van der Waals surface area contributed by atoms with Crippen LogP contribution >= 0.6 is 0 Å². The minimum Gasteiger partial charge on any atom is -0.397 e. The van der Waals surface area contributed by atoms with Crippen LogP contribution in [0.4, 0.5) is 5.69 Å². The Bertz CT molecular complexity index is 608. The number of benzene rings is 1. The number of para-hydroxylation sites is 1. The van der Waals surface area contributed by atoms with Crippen LogP contribution in [0.25, 0.3) is 11.0 Å². The van der Waals surface area contributed by atoms with Crippen LogP contribution in [0, 0.1) is 5.92 Å². The van der Waals surface area contributed by atoms with E-state index in [-0.39, 0.29) is 0 Å². The Kier molecular flexibility index (Phi) is 5.01. The molecule has 0 unspecified atom stereocenters. The van der Waals surface area contributed by atoms with Crippen molar-refractivity contribution in [2.45, 2.75) is 71.3 Å². The van der Waals surface area contributed by atoms with Crippen molar-refractivity contribution in [3.63, 3.8) is 0 Å². The number of aromatic nitrogens is 2. The molecule has 3 nitrogen and oxygen atoms in total. The third kappa shape index (κ3) is 3.29. The zero-order valence-corrected chi connectivity index (χ0v) is 13.9. The molecule has 3 rings (SSSR count). The molecule has 0 atom stereocenters. The van der Waals surface area contributed by atoms with E-state index in [2.05, 4.69) is 17.6 Å². The lowest BCUT2D eigenvalue weighted by Gasteiger charge is -2.21. The monoisotopic (exact) mass is 299 g/mol. The Morgan fingerprint density at radius 3 is 2.82 bits per heavy atom. The fraction of sp³-hybridized carbons (Fsp3) is 0.632. The summed E-state index contributed by atoms with van der Waals surface area (Å²) in [4.78, 5) is 4.89. The van der Waals surface area contributed by atoms with E-state index in [9.17, 15) is 0 Å². The summed E-state index contributed by atoms with van der Waals surface area (Å²) in [6, 6.07) is 6.18. The lowest BCUT2D eigenvalue weighted by atomic mass is 9.86. The molecular weight excluding hydrogens is 270 g/mol. The standard InChI is InChI=1S/C19H29N3/c1-2-3-14-22-17-11-7-10-16(20)19(17)21-18(22)13-12-15-8-5-4-6-9-15/h7,10-11,15H,2-6,8-9,12-14,20H2,1H3. The highest BCUT2D eigenvalue weighted by molar-refractivity contribution is 5.87. The number of hydrogen-bond acceptors (Lipinski definition) is 2. The number of rotatable bonds is 6. The third-order valence-electron chi connectivity index (χ3n) is 5.13. The van der Waals surface area contributed by atoms with Crippen LogP contribution in [0.1, 0.15) is 64.1 Å². The molecule has 1 aromatic carbocycles. The van der Waals surface area contributed by atoms with E-state index >= 15 is 0 Å². The van der Waals surface area contributed by atoms with Crippen molar-refractivity contribution < 1.29 is 0 Å². The van der Waals surface area contributed by atoms with Crippen molar-refractivity contribution in [3.8, 4) is 0 Å². The topological polar surface area (TPSA) is 43.8 Å². The van der Waals surface area contributed by atoms with E-state index in [4.69, 9.17) is 10.7 Å². The highest BCUT2D eigenvalue weighted by atomic mass is 15.1. The zero-order valence-electron chi connectivity index (χ0n) is 13.9. The first-order valence-electron chi connectivity index (χ1n) is 9.03. The van der Waals surface area contributed by atoms with Crippen LogP contribution in [0.3, 0.4) is 0 Å². The average molecular weight is 299 g/mol. The van der Waals surface area contributed by atoms with Gasteiger partial charge in [-0.3, -0.25) is 0 Å². The molecule has 0 amide bonds. The van der Waals surface area contributed by atoms with Crippen molar-refractivity contribution in [2.24, 2.45) is 5.92 Å². The molecule has 3 heteroatoms. The molecule has 1 heterocycles. The largest absolute Gasteiger partial charge is 0.397 e. The minimum absolute atomic E-state index is 0.812. The number of anilines is 1. The number of nitrogens with two attached hydrogens (primary N) is 1. The maximum absolute atomic E-state index is 6.13. The second kappa shape index (κ2) is 7.17. The molecule has 1 aliphatic carbocycles. The van der Waals surface area contributed by atoms with Crippen LogP contribution in [-0.2, 0) is 13.0 Å². The molecule has 0 radical (unpaired) electrons. The minimum atomic E-state index is 0.812. The summed E-state index contributed by atoms with van der Waals surface area (Å²) in [5.74, 6) is 2.15. The van der Waals surface area contributed by atoms with E-state index in [0.29, 0.717) is 0 Å². The molecule has 1 saturated carbocycles. The van der Waals surface area contributed by atoms with Gasteiger partial charge in [0, 0.05) is 13.0 Å². The van der Waals surface area contributed by atoms with Crippen LogP contribution in [0.5, 0.6) is 0 Å². The Labute approximate surface area is 133 Å². The molecule has 1 fully saturated rings. The summed E-state index contributed by atoms with van der Waals surface area (Å²) in [5.41, 5.74) is 9.15. The van der Waals surface area contributed by atoms with Gasteiger partial charge in [0.15, 0.2) is 0 Å². The second-order valence-corrected chi connectivity index (χ2v) is 6.79. The van der Waals surface area contributed by atoms with Crippen molar-refractivity contribution in [2.75, 3.05) is 5.73 Å². The van der Waals surface area contributed by atoms with Gasteiger partial charge in [-0.2, -0.15) is 0 Å². The van der Waals surface area contributed by atoms with Crippen molar-refractivity contribution in [3.05, 3.63) is 24.0 Å². The predicted octanol–water partition coefficient (Wildman–Crippen LogP) is 4.93. The van der Waals surface area contributed by atoms with Gasteiger partial charge in [-0.1, -0.05) is 51.5 Å². The first kappa shape index (κ1) is 15.4.